The maximum absolute atomic E-state index is 8.44. The van der Waals surface area contributed by atoms with E-state index in [4.69, 9.17) is 15.0 Å². The van der Waals surface area contributed by atoms with E-state index >= 15 is 0 Å². The number of hydrogen-bond acceptors (Lipinski definition) is 3. The SMILES string of the molecule is O=C([O-])O.[K+].[OH-].[Rb+]. The first-order valence-corrected chi connectivity index (χ1v) is 0.632. The summed E-state index contributed by atoms with van der Waals surface area (Å²) in [6.07, 6.45) is -2.08. The molecule has 0 unspecified atom stereocenters. The molecule has 0 atom stereocenters. The molecule has 0 rings (SSSR count). The summed E-state index contributed by atoms with van der Waals surface area (Å²) < 4.78 is 0. The predicted molar refractivity (Wildman–Crippen MR) is 9.96 cm³/mol. The van der Waals surface area contributed by atoms with Crippen molar-refractivity contribution in [2.24, 2.45) is 0 Å². The van der Waals surface area contributed by atoms with Gasteiger partial charge in [-0.2, -0.15) is 0 Å². The van der Waals surface area contributed by atoms with Crippen LogP contribution in [0.3, 0.4) is 0 Å². The van der Waals surface area contributed by atoms with E-state index in [1.165, 1.54) is 0 Å². The Balaban J connectivity index is -0.0000000150. The van der Waals surface area contributed by atoms with Gasteiger partial charge in [-0.3, -0.25) is 0 Å². The van der Waals surface area contributed by atoms with Crippen LogP contribution in [0.2, 0.25) is 0 Å². The molecule has 0 aliphatic heterocycles. The molecule has 0 amide bonds. The van der Waals surface area contributed by atoms with Gasteiger partial charge >= 0.3 is 110 Å². The molecule has 2 N–H and O–H groups in total. The molecule has 0 aromatic heterocycles. The van der Waals surface area contributed by atoms with Crippen LogP contribution in [0.15, 0.2) is 0 Å². The smallest absolute Gasteiger partial charge is 0.870 e. The van der Waals surface area contributed by atoms with Crippen LogP contribution in [0.1, 0.15) is 0 Å². The Labute approximate surface area is 132 Å². The van der Waals surface area contributed by atoms with E-state index < -0.39 is 6.16 Å². The Morgan fingerprint density at radius 3 is 1.57 bits per heavy atom. The van der Waals surface area contributed by atoms with Crippen LogP contribution in [-0.4, -0.2) is 16.7 Å². The average molecular weight is 203 g/mol. The summed E-state index contributed by atoms with van der Waals surface area (Å²) in [4.78, 5) is 8.44. The minimum atomic E-state index is -2.08. The number of rotatable bonds is 0. The summed E-state index contributed by atoms with van der Waals surface area (Å²) in [5.41, 5.74) is 0. The number of hydrogen-bond donors (Lipinski definition) is 1. The van der Waals surface area contributed by atoms with E-state index in [-0.39, 0.29) is 115 Å². The quantitative estimate of drug-likeness (QED) is 0.395. The second kappa shape index (κ2) is 15.9. The molecule has 0 saturated carbocycles. The fourth-order valence-corrected chi connectivity index (χ4v) is 0. The van der Waals surface area contributed by atoms with Crippen LogP contribution in [-0.2, 0) is 0 Å². The average Bonchev–Trinajstić information content (AvgIpc) is 0.811. The van der Waals surface area contributed by atoms with Gasteiger partial charge in [0.2, 0.25) is 6.16 Å². The molecule has 0 aliphatic rings. The minimum Gasteiger partial charge on any atom is -0.870 e. The van der Waals surface area contributed by atoms with Gasteiger partial charge in [0.25, 0.3) is 0 Å². The van der Waals surface area contributed by atoms with Crippen LogP contribution in [0.5, 0.6) is 0 Å². The Kier molecular flexibility index (Phi) is 51.2. The molecule has 0 fully saturated rings. The van der Waals surface area contributed by atoms with E-state index in [9.17, 15) is 0 Å². The maximum atomic E-state index is 8.44. The van der Waals surface area contributed by atoms with Crippen LogP contribution in [0.25, 0.3) is 0 Å². The molecule has 0 bridgehead atoms. The van der Waals surface area contributed by atoms with Crippen molar-refractivity contribution >= 4 is 6.16 Å². The number of carboxylic acid groups (broad SMARTS) is 2. The van der Waals surface area contributed by atoms with Gasteiger partial charge in [0.1, 0.15) is 0 Å². The molecule has 0 aliphatic carbocycles. The van der Waals surface area contributed by atoms with E-state index in [0.717, 1.165) is 0 Å². The standard InChI is InChI=1S/CH2O3.K.H2O.Rb/c2-1(3)4;;;/h(H2,2,3,4);;1H2;/q;+1;;+1/p-2. The Morgan fingerprint density at radius 2 is 1.57 bits per heavy atom. The van der Waals surface area contributed by atoms with Crippen LogP contribution >= 0.6 is 0 Å². The Morgan fingerprint density at radius 1 is 1.57 bits per heavy atom. The van der Waals surface area contributed by atoms with Crippen molar-refractivity contribution in [3.63, 3.8) is 0 Å². The van der Waals surface area contributed by atoms with Gasteiger partial charge in [0.15, 0.2) is 0 Å². The third-order valence-corrected chi connectivity index (χ3v) is 0. The van der Waals surface area contributed by atoms with Gasteiger partial charge < -0.3 is 20.5 Å². The van der Waals surface area contributed by atoms with E-state index in [1.54, 1.807) is 0 Å². The monoisotopic (exact) mass is 202 g/mol. The zero-order chi connectivity index (χ0) is 3.58. The molecule has 0 radical (unpaired) electrons. The van der Waals surface area contributed by atoms with E-state index in [1.807, 2.05) is 0 Å². The summed E-state index contributed by atoms with van der Waals surface area (Å²) in [7, 11) is 0. The molecule has 32 valence electrons. The molecule has 0 aromatic carbocycles. The second-order valence-corrected chi connectivity index (χ2v) is 0.266. The van der Waals surface area contributed by atoms with E-state index in [0.29, 0.717) is 0 Å². The van der Waals surface area contributed by atoms with Crippen molar-refractivity contribution in [2.75, 3.05) is 0 Å². The molecule has 0 saturated heterocycles. The van der Waals surface area contributed by atoms with Crippen molar-refractivity contribution in [1.82, 2.24) is 0 Å². The first-order valence-electron chi connectivity index (χ1n) is 0.632. The van der Waals surface area contributed by atoms with Crippen molar-refractivity contribution in [3.8, 4) is 0 Å². The van der Waals surface area contributed by atoms with Crippen LogP contribution in [0.4, 0.5) is 4.79 Å². The Bertz CT molecular complexity index is 34.7. The third-order valence-electron chi connectivity index (χ3n) is 0. The summed E-state index contributed by atoms with van der Waals surface area (Å²) in [5.74, 6) is 0. The summed E-state index contributed by atoms with van der Waals surface area (Å²) in [6, 6.07) is 0. The van der Waals surface area contributed by atoms with Gasteiger partial charge in [0.05, 0.1) is 0 Å². The first-order chi connectivity index (χ1) is 1.73. The minimum absolute atomic E-state index is 0. The summed E-state index contributed by atoms with van der Waals surface area (Å²) >= 11 is 0. The third kappa shape index (κ3) is 54.1. The van der Waals surface area contributed by atoms with Gasteiger partial charge in [-0.05, 0) is 0 Å². The molecule has 0 spiro atoms. The molecule has 6 heteroatoms. The molecule has 7 heavy (non-hydrogen) atoms. The fraction of sp³-hybridized carbons (Fsp3) is 0. The van der Waals surface area contributed by atoms with Crippen molar-refractivity contribution < 1.29 is 130 Å². The summed E-state index contributed by atoms with van der Waals surface area (Å²) in [6.45, 7) is 0. The fourth-order valence-electron chi connectivity index (χ4n) is 0. The molecule has 0 heterocycles. The normalized spacial score (nSPS) is 3.43. The van der Waals surface area contributed by atoms with Crippen LogP contribution < -0.4 is 115 Å². The second-order valence-electron chi connectivity index (χ2n) is 0.266. The van der Waals surface area contributed by atoms with Gasteiger partial charge in [-0.1, -0.05) is 0 Å². The Hall–Kier alpha value is 2.67. The predicted octanol–water partition coefficient (Wildman–Crippen LogP) is -7.28. The molecule has 0 aromatic rings. The van der Waals surface area contributed by atoms with Gasteiger partial charge in [-0.25, -0.2) is 0 Å². The molecular formula is CH2KO4Rb. The van der Waals surface area contributed by atoms with Crippen molar-refractivity contribution in [3.05, 3.63) is 0 Å². The topological polar surface area (TPSA) is 90.4 Å². The van der Waals surface area contributed by atoms with Crippen molar-refractivity contribution in [2.45, 2.75) is 0 Å². The van der Waals surface area contributed by atoms with Gasteiger partial charge in [-0.15, -0.1) is 0 Å². The maximum Gasteiger partial charge on any atom is 1.00 e. The van der Waals surface area contributed by atoms with E-state index in [2.05, 4.69) is 0 Å². The van der Waals surface area contributed by atoms with Crippen molar-refractivity contribution in [1.29, 1.82) is 0 Å². The molecule has 4 nitrogen and oxygen atoms in total. The number of carbonyl (C=O) groups is 1. The largest absolute Gasteiger partial charge is 1.00 e. The van der Waals surface area contributed by atoms with Crippen LogP contribution in [0, 0.1) is 0 Å². The zero-order valence-electron chi connectivity index (χ0n) is 4.21. The van der Waals surface area contributed by atoms with Gasteiger partial charge in [0, 0.05) is 0 Å². The molecular weight excluding hydrogens is 201 g/mol. The zero-order valence-corrected chi connectivity index (χ0v) is 12.3. The summed E-state index contributed by atoms with van der Waals surface area (Å²) in [5, 5.41) is 15.3. The first kappa shape index (κ1) is 22.6.